The molecule has 0 fully saturated rings. The monoisotopic (exact) mass is 241 g/mol. The largest absolute Gasteiger partial charge is 0.506 e. The summed E-state index contributed by atoms with van der Waals surface area (Å²) in [6.45, 7) is 10.9. The summed E-state index contributed by atoms with van der Waals surface area (Å²) >= 11 is 5.96. The van der Waals surface area contributed by atoms with Crippen LogP contribution in [0.1, 0.15) is 37.5 Å². The van der Waals surface area contributed by atoms with Gasteiger partial charge in [-0.3, -0.25) is 0 Å². The number of aromatic hydroxyl groups is 1. The molecule has 3 heteroatoms. The average Bonchev–Trinajstić information content (AvgIpc) is 2.13. The number of nitrogens with one attached hydrogen (secondary N) is 1. The standard InChI is InChI=1S/C13H20ClNO/c1-8-6-11(14)12(16)10(9(8)2)7-15-13(3,4)5/h6,15-16H,7H2,1-5H3. The van der Waals surface area contributed by atoms with Gasteiger partial charge in [0.25, 0.3) is 0 Å². The molecule has 1 aromatic carbocycles. The van der Waals surface area contributed by atoms with Crippen LogP contribution in [0, 0.1) is 13.8 Å². The zero-order valence-electron chi connectivity index (χ0n) is 10.6. The molecule has 0 heterocycles. The molecule has 0 radical (unpaired) electrons. The highest BCUT2D eigenvalue weighted by molar-refractivity contribution is 6.32. The zero-order chi connectivity index (χ0) is 12.5. The number of phenolic OH excluding ortho intramolecular Hbond substituents is 1. The Kier molecular flexibility index (Phi) is 3.87. The quantitative estimate of drug-likeness (QED) is 0.830. The Bertz CT molecular complexity index is 368. The second-order valence-corrected chi connectivity index (χ2v) is 5.64. The number of rotatable bonds is 2. The molecule has 0 aliphatic carbocycles. The number of hydrogen-bond donors (Lipinski definition) is 2. The van der Waals surface area contributed by atoms with E-state index < -0.39 is 0 Å². The Balaban J connectivity index is 3.04. The normalized spacial score (nSPS) is 11.9. The van der Waals surface area contributed by atoms with E-state index in [2.05, 4.69) is 26.1 Å². The predicted molar refractivity (Wildman–Crippen MR) is 69.2 cm³/mol. The molecule has 0 unspecified atom stereocenters. The van der Waals surface area contributed by atoms with Gasteiger partial charge in [0.15, 0.2) is 0 Å². The van der Waals surface area contributed by atoms with E-state index in [0.29, 0.717) is 11.6 Å². The summed E-state index contributed by atoms with van der Waals surface area (Å²) in [6.07, 6.45) is 0. The Morgan fingerprint density at radius 2 is 1.88 bits per heavy atom. The third-order valence-electron chi connectivity index (χ3n) is 2.69. The van der Waals surface area contributed by atoms with E-state index in [9.17, 15) is 5.11 Å². The fourth-order valence-electron chi connectivity index (χ4n) is 1.50. The lowest BCUT2D eigenvalue weighted by Gasteiger charge is -2.22. The van der Waals surface area contributed by atoms with Gasteiger partial charge in [-0.2, -0.15) is 0 Å². The fourth-order valence-corrected chi connectivity index (χ4v) is 1.77. The van der Waals surface area contributed by atoms with Gasteiger partial charge in [0.1, 0.15) is 5.75 Å². The first-order valence-corrected chi connectivity index (χ1v) is 5.83. The molecular weight excluding hydrogens is 222 g/mol. The Labute approximate surface area is 103 Å². The molecule has 0 aliphatic heterocycles. The molecule has 0 spiro atoms. The first-order valence-electron chi connectivity index (χ1n) is 5.45. The molecule has 2 nitrogen and oxygen atoms in total. The molecule has 1 aromatic rings. The van der Waals surface area contributed by atoms with Crippen LogP contribution in [0.5, 0.6) is 5.75 Å². The van der Waals surface area contributed by atoms with Crippen molar-refractivity contribution in [2.45, 2.75) is 46.7 Å². The van der Waals surface area contributed by atoms with E-state index in [1.165, 1.54) is 0 Å². The predicted octanol–water partition coefficient (Wildman–Crippen LogP) is 3.55. The maximum absolute atomic E-state index is 9.93. The molecular formula is C13H20ClNO. The second kappa shape index (κ2) is 4.64. The van der Waals surface area contributed by atoms with E-state index in [-0.39, 0.29) is 11.3 Å². The first kappa shape index (κ1) is 13.3. The van der Waals surface area contributed by atoms with Crippen molar-refractivity contribution in [1.82, 2.24) is 5.32 Å². The van der Waals surface area contributed by atoms with Gasteiger partial charge in [0, 0.05) is 17.6 Å². The van der Waals surface area contributed by atoms with Gasteiger partial charge in [-0.15, -0.1) is 0 Å². The van der Waals surface area contributed by atoms with Gasteiger partial charge >= 0.3 is 0 Å². The van der Waals surface area contributed by atoms with Crippen molar-refractivity contribution in [1.29, 1.82) is 0 Å². The molecule has 0 saturated heterocycles. The van der Waals surface area contributed by atoms with E-state index in [1.807, 2.05) is 13.8 Å². The second-order valence-electron chi connectivity index (χ2n) is 5.23. The lowest BCUT2D eigenvalue weighted by atomic mass is 10.0. The summed E-state index contributed by atoms with van der Waals surface area (Å²) in [4.78, 5) is 0. The van der Waals surface area contributed by atoms with Crippen molar-refractivity contribution in [3.63, 3.8) is 0 Å². The zero-order valence-corrected chi connectivity index (χ0v) is 11.4. The SMILES string of the molecule is Cc1cc(Cl)c(O)c(CNC(C)(C)C)c1C. The van der Waals surface area contributed by atoms with Gasteiger partial charge in [-0.1, -0.05) is 11.6 Å². The summed E-state index contributed by atoms with van der Waals surface area (Å²) in [7, 11) is 0. The Morgan fingerprint density at radius 3 is 2.38 bits per heavy atom. The molecule has 16 heavy (non-hydrogen) atoms. The van der Waals surface area contributed by atoms with E-state index in [1.54, 1.807) is 6.07 Å². The summed E-state index contributed by atoms with van der Waals surface area (Å²) in [5.74, 6) is 0.196. The van der Waals surface area contributed by atoms with Gasteiger partial charge in [0.2, 0.25) is 0 Å². The average molecular weight is 242 g/mol. The Morgan fingerprint density at radius 1 is 1.31 bits per heavy atom. The number of hydrogen-bond acceptors (Lipinski definition) is 2. The first-order chi connectivity index (χ1) is 7.22. The Hall–Kier alpha value is -0.730. The highest BCUT2D eigenvalue weighted by Crippen LogP contribution is 2.32. The molecule has 1 rings (SSSR count). The van der Waals surface area contributed by atoms with Crippen molar-refractivity contribution in [2.75, 3.05) is 0 Å². The summed E-state index contributed by atoms with van der Waals surface area (Å²) in [6, 6.07) is 1.80. The maximum atomic E-state index is 9.93. The number of benzene rings is 1. The van der Waals surface area contributed by atoms with Crippen LogP contribution < -0.4 is 5.32 Å². The number of phenols is 1. The molecule has 0 bridgehead atoms. The van der Waals surface area contributed by atoms with Crippen molar-refractivity contribution >= 4 is 11.6 Å². The molecule has 0 atom stereocenters. The minimum atomic E-state index is 0.0229. The van der Waals surface area contributed by atoms with Crippen molar-refractivity contribution in [2.24, 2.45) is 0 Å². The van der Waals surface area contributed by atoms with Gasteiger partial charge in [-0.25, -0.2) is 0 Å². The van der Waals surface area contributed by atoms with Crippen LogP contribution >= 0.6 is 11.6 Å². The minimum absolute atomic E-state index is 0.0229. The van der Waals surface area contributed by atoms with Crippen LogP contribution in [-0.2, 0) is 6.54 Å². The minimum Gasteiger partial charge on any atom is -0.506 e. The van der Waals surface area contributed by atoms with Crippen LogP contribution in [0.3, 0.4) is 0 Å². The smallest absolute Gasteiger partial charge is 0.138 e. The summed E-state index contributed by atoms with van der Waals surface area (Å²) in [5.41, 5.74) is 3.11. The number of halogens is 1. The molecule has 0 amide bonds. The van der Waals surface area contributed by atoms with Crippen LogP contribution in [0.15, 0.2) is 6.07 Å². The molecule has 2 N–H and O–H groups in total. The van der Waals surface area contributed by atoms with Crippen LogP contribution in [-0.4, -0.2) is 10.6 Å². The van der Waals surface area contributed by atoms with Gasteiger partial charge < -0.3 is 10.4 Å². The topological polar surface area (TPSA) is 32.3 Å². The van der Waals surface area contributed by atoms with Crippen molar-refractivity contribution < 1.29 is 5.11 Å². The van der Waals surface area contributed by atoms with E-state index >= 15 is 0 Å². The van der Waals surface area contributed by atoms with E-state index in [4.69, 9.17) is 11.6 Å². The fraction of sp³-hybridized carbons (Fsp3) is 0.538. The molecule has 0 saturated carbocycles. The van der Waals surface area contributed by atoms with Crippen molar-refractivity contribution in [3.8, 4) is 5.75 Å². The highest BCUT2D eigenvalue weighted by Gasteiger charge is 2.15. The third kappa shape index (κ3) is 3.13. The lowest BCUT2D eigenvalue weighted by Crippen LogP contribution is -2.35. The maximum Gasteiger partial charge on any atom is 0.138 e. The third-order valence-corrected chi connectivity index (χ3v) is 2.98. The summed E-state index contributed by atoms with van der Waals surface area (Å²) < 4.78 is 0. The summed E-state index contributed by atoms with van der Waals surface area (Å²) in [5, 5.41) is 13.7. The van der Waals surface area contributed by atoms with E-state index in [0.717, 1.165) is 16.7 Å². The van der Waals surface area contributed by atoms with Crippen molar-refractivity contribution in [3.05, 3.63) is 27.8 Å². The van der Waals surface area contributed by atoms with Crippen LogP contribution in [0.2, 0.25) is 5.02 Å². The lowest BCUT2D eigenvalue weighted by molar-refractivity contribution is 0.411. The molecule has 0 aliphatic rings. The molecule has 0 aromatic heterocycles. The highest BCUT2D eigenvalue weighted by atomic mass is 35.5. The van der Waals surface area contributed by atoms with Crippen LogP contribution in [0.25, 0.3) is 0 Å². The van der Waals surface area contributed by atoms with Gasteiger partial charge in [0.05, 0.1) is 5.02 Å². The number of aryl methyl sites for hydroxylation is 1. The van der Waals surface area contributed by atoms with Gasteiger partial charge in [-0.05, 0) is 51.8 Å². The van der Waals surface area contributed by atoms with Crippen LogP contribution in [0.4, 0.5) is 0 Å². The molecule has 90 valence electrons.